The summed E-state index contributed by atoms with van der Waals surface area (Å²) < 4.78 is 5.24. The van der Waals surface area contributed by atoms with Gasteiger partial charge in [0.05, 0.1) is 5.41 Å². The molecule has 2 rings (SSSR count). The molecule has 2 heterocycles. The molecule has 0 aromatic rings. The minimum absolute atomic E-state index is 0.0753. The van der Waals surface area contributed by atoms with E-state index in [4.69, 9.17) is 4.74 Å². The molecule has 2 fully saturated rings. The number of methoxy groups -OCH3 is 1. The summed E-state index contributed by atoms with van der Waals surface area (Å²) in [7, 11) is 1.77. The van der Waals surface area contributed by atoms with Crippen molar-refractivity contribution in [2.75, 3.05) is 39.9 Å². The summed E-state index contributed by atoms with van der Waals surface area (Å²) in [6, 6.07) is 0. The van der Waals surface area contributed by atoms with Crippen molar-refractivity contribution in [3.05, 3.63) is 0 Å². The van der Waals surface area contributed by atoms with Gasteiger partial charge in [0.15, 0.2) is 0 Å². The summed E-state index contributed by atoms with van der Waals surface area (Å²) in [5.74, 6) is 1.07. The second kappa shape index (κ2) is 7.41. The highest BCUT2D eigenvalue weighted by Crippen LogP contribution is 2.37. The number of carbonyl (C=O) groups excluding carboxylic acids is 1. The molecule has 20 heavy (non-hydrogen) atoms. The number of hydrogen-bond donors (Lipinski definition) is 1. The Morgan fingerprint density at radius 3 is 2.50 bits per heavy atom. The van der Waals surface area contributed by atoms with E-state index < -0.39 is 0 Å². The van der Waals surface area contributed by atoms with Gasteiger partial charge in [-0.25, -0.2) is 0 Å². The van der Waals surface area contributed by atoms with Crippen LogP contribution in [0, 0.1) is 11.3 Å². The monoisotopic (exact) mass is 282 g/mol. The molecule has 0 atom stereocenters. The number of nitrogens with one attached hydrogen (secondary N) is 1. The van der Waals surface area contributed by atoms with Crippen LogP contribution in [0.25, 0.3) is 0 Å². The Kier molecular flexibility index (Phi) is 5.85. The third kappa shape index (κ3) is 3.53. The summed E-state index contributed by atoms with van der Waals surface area (Å²) in [6.07, 6.45) is 6.37. The van der Waals surface area contributed by atoms with Crippen LogP contribution in [0.15, 0.2) is 0 Å². The van der Waals surface area contributed by atoms with E-state index in [2.05, 4.69) is 17.1 Å². The van der Waals surface area contributed by atoms with Gasteiger partial charge in [0.1, 0.15) is 0 Å². The zero-order valence-electron chi connectivity index (χ0n) is 13.1. The molecule has 2 aliphatic rings. The molecule has 0 aromatic heterocycles. The van der Waals surface area contributed by atoms with Crippen LogP contribution in [0.5, 0.6) is 0 Å². The summed E-state index contributed by atoms with van der Waals surface area (Å²) in [5, 5.41) is 3.39. The van der Waals surface area contributed by atoms with Crippen molar-refractivity contribution in [3.8, 4) is 0 Å². The van der Waals surface area contributed by atoms with Crippen molar-refractivity contribution in [1.29, 1.82) is 0 Å². The van der Waals surface area contributed by atoms with Gasteiger partial charge in [-0.3, -0.25) is 4.79 Å². The molecule has 2 saturated heterocycles. The van der Waals surface area contributed by atoms with Gasteiger partial charge in [-0.15, -0.1) is 0 Å². The molecule has 0 aliphatic carbocycles. The molecule has 0 radical (unpaired) electrons. The van der Waals surface area contributed by atoms with Gasteiger partial charge in [0.25, 0.3) is 0 Å². The van der Waals surface area contributed by atoms with Crippen LogP contribution in [-0.4, -0.2) is 50.7 Å². The SMILES string of the molecule is CCCC1(C(=O)N2CCC(COC)CC2)CCNCC1. The second-order valence-electron chi connectivity index (χ2n) is 6.47. The number of piperidine rings is 2. The van der Waals surface area contributed by atoms with E-state index in [0.717, 1.165) is 71.3 Å². The van der Waals surface area contributed by atoms with Crippen LogP contribution >= 0.6 is 0 Å². The molecule has 0 bridgehead atoms. The quantitative estimate of drug-likeness (QED) is 0.839. The molecule has 2 aliphatic heterocycles. The molecule has 0 aromatic carbocycles. The third-order valence-corrected chi connectivity index (χ3v) is 5.05. The van der Waals surface area contributed by atoms with Gasteiger partial charge >= 0.3 is 0 Å². The summed E-state index contributed by atoms with van der Waals surface area (Å²) in [5.41, 5.74) is -0.0753. The Hall–Kier alpha value is -0.610. The van der Waals surface area contributed by atoms with E-state index in [9.17, 15) is 4.79 Å². The van der Waals surface area contributed by atoms with Crippen LogP contribution in [0.3, 0.4) is 0 Å². The van der Waals surface area contributed by atoms with E-state index in [1.807, 2.05) is 0 Å². The number of rotatable bonds is 5. The summed E-state index contributed by atoms with van der Waals surface area (Å²) in [4.78, 5) is 15.1. The topological polar surface area (TPSA) is 41.6 Å². The Bertz CT molecular complexity index is 300. The van der Waals surface area contributed by atoms with Crippen molar-refractivity contribution in [2.45, 2.75) is 45.4 Å². The highest BCUT2D eigenvalue weighted by Gasteiger charge is 2.41. The fourth-order valence-corrected chi connectivity index (χ4v) is 3.83. The van der Waals surface area contributed by atoms with Crippen molar-refractivity contribution in [3.63, 3.8) is 0 Å². The number of likely N-dealkylation sites (tertiary alicyclic amines) is 1. The van der Waals surface area contributed by atoms with Gasteiger partial charge < -0.3 is 15.0 Å². The zero-order chi connectivity index (χ0) is 14.4. The Morgan fingerprint density at radius 2 is 1.95 bits per heavy atom. The zero-order valence-corrected chi connectivity index (χ0v) is 13.1. The predicted octanol–water partition coefficient (Wildman–Crippen LogP) is 2.04. The maximum absolute atomic E-state index is 13.0. The first kappa shape index (κ1) is 15.8. The first-order valence-corrected chi connectivity index (χ1v) is 8.21. The normalized spacial score (nSPS) is 23.8. The van der Waals surface area contributed by atoms with Gasteiger partial charge in [0, 0.05) is 26.8 Å². The number of hydrogen-bond acceptors (Lipinski definition) is 3. The lowest BCUT2D eigenvalue weighted by Crippen LogP contribution is -2.51. The standard InChI is InChI=1S/C16H30N2O2/c1-3-6-16(7-9-17-10-8-16)15(19)18-11-4-14(5-12-18)13-20-2/h14,17H,3-13H2,1-2H3. The van der Waals surface area contributed by atoms with Gasteiger partial charge in [0.2, 0.25) is 5.91 Å². The number of carbonyl (C=O) groups is 1. The number of amides is 1. The molecule has 1 amide bonds. The smallest absolute Gasteiger partial charge is 0.228 e. The lowest BCUT2D eigenvalue weighted by atomic mass is 9.74. The Morgan fingerprint density at radius 1 is 1.30 bits per heavy atom. The number of ether oxygens (including phenoxy) is 1. The molecule has 116 valence electrons. The van der Waals surface area contributed by atoms with Crippen LogP contribution in [0.4, 0.5) is 0 Å². The lowest BCUT2D eigenvalue weighted by molar-refractivity contribution is -0.146. The molecule has 1 N–H and O–H groups in total. The molecule has 0 unspecified atom stereocenters. The first-order valence-electron chi connectivity index (χ1n) is 8.21. The highest BCUT2D eigenvalue weighted by atomic mass is 16.5. The minimum Gasteiger partial charge on any atom is -0.384 e. The van der Waals surface area contributed by atoms with E-state index in [1.165, 1.54) is 0 Å². The molecular formula is C16H30N2O2. The van der Waals surface area contributed by atoms with E-state index in [0.29, 0.717) is 11.8 Å². The predicted molar refractivity (Wildman–Crippen MR) is 80.6 cm³/mol. The largest absolute Gasteiger partial charge is 0.384 e. The fourth-order valence-electron chi connectivity index (χ4n) is 3.83. The van der Waals surface area contributed by atoms with E-state index in [-0.39, 0.29) is 5.41 Å². The molecule has 4 heteroatoms. The first-order chi connectivity index (χ1) is 9.72. The van der Waals surface area contributed by atoms with Crippen molar-refractivity contribution in [2.24, 2.45) is 11.3 Å². The van der Waals surface area contributed by atoms with Gasteiger partial charge in [-0.1, -0.05) is 13.3 Å². The maximum atomic E-state index is 13.0. The van der Waals surface area contributed by atoms with Crippen LogP contribution in [0.1, 0.15) is 45.4 Å². The molecular weight excluding hydrogens is 252 g/mol. The number of nitrogens with zero attached hydrogens (tertiary/aromatic N) is 1. The average Bonchev–Trinajstić information content (AvgIpc) is 2.49. The fraction of sp³-hybridized carbons (Fsp3) is 0.938. The average molecular weight is 282 g/mol. The summed E-state index contributed by atoms with van der Waals surface area (Å²) >= 11 is 0. The van der Waals surface area contributed by atoms with Crippen LogP contribution in [-0.2, 0) is 9.53 Å². The third-order valence-electron chi connectivity index (χ3n) is 5.05. The maximum Gasteiger partial charge on any atom is 0.228 e. The van der Waals surface area contributed by atoms with Gasteiger partial charge in [-0.05, 0) is 51.1 Å². The van der Waals surface area contributed by atoms with Crippen LogP contribution in [0.2, 0.25) is 0 Å². The van der Waals surface area contributed by atoms with Gasteiger partial charge in [-0.2, -0.15) is 0 Å². The summed E-state index contributed by atoms with van der Waals surface area (Å²) in [6.45, 7) is 6.86. The second-order valence-corrected chi connectivity index (χ2v) is 6.47. The Balaban J connectivity index is 1.95. The van der Waals surface area contributed by atoms with Crippen LogP contribution < -0.4 is 5.32 Å². The molecule has 0 saturated carbocycles. The lowest BCUT2D eigenvalue weighted by Gasteiger charge is -2.42. The Labute approximate surface area is 123 Å². The van der Waals surface area contributed by atoms with Crippen molar-refractivity contribution < 1.29 is 9.53 Å². The molecule has 4 nitrogen and oxygen atoms in total. The van der Waals surface area contributed by atoms with E-state index >= 15 is 0 Å². The van der Waals surface area contributed by atoms with Crippen molar-refractivity contribution in [1.82, 2.24) is 10.2 Å². The van der Waals surface area contributed by atoms with Crippen molar-refractivity contribution >= 4 is 5.91 Å². The highest BCUT2D eigenvalue weighted by molar-refractivity contribution is 5.83. The minimum atomic E-state index is -0.0753. The molecule has 0 spiro atoms. The van der Waals surface area contributed by atoms with E-state index in [1.54, 1.807) is 7.11 Å².